The number of carbonyl (C=O) groups excluding carboxylic acids is 3. The van der Waals surface area contributed by atoms with Gasteiger partial charge in [0, 0.05) is 0 Å². The van der Waals surface area contributed by atoms with Crippen LogP contribution in [0.3, 0.4) is 0 Å². The van der Waals surface area contributed by atoms with Crippen LogP contribution in [0.15, 0.2) is 0 Å². The maximum absolute atomic E-state index is 9.98. The second-order valence-corrected chi connectivity index (χ2v) is 7.48. The van der Waals surface area contributed by atoms with E-state index in [0.717, 1.165) is 0 Å². The SMILES string of the molecule is O=C([O-])[C@H](O)[C@@H](O)[C@H](O)[C@H](O)CO.O=C([O-])[C@H](O)[C@@H](O)[C@H](O)[C@H](O)CO.O=C([O-])[C@H](O)[C@@H](O)[C@H](O)[C@H](O)CO.[Mn+3]. The van der Waals surface area contributed by atoms with Crippen LogP contribution in [0.2, 0.25) is 0 Å². The summed E-state index contributed by atoms with van der Waals surface area (Å²) in [6.45, 7) is -2.59. The van der Waals surface area contributed by atoms with Crippen molar-refractivity contribution in [2.75, 3.05) is 19.8 Å². The van der Waals surface area contributed by atoms with Crippen molar-refractivity contribution in [3.8, 4) is 0 Å². The molecular weight excluding hydrogens is 607 g/mol. The van der Waals surface area contributed by atoms with Crippen molar-refractivity contribution in [3.05, 3.63) is 0 Å². The zero-order valence-electron chi connectivity index (χ0n) is 20.1. The van der Waals surface area contributed by atoms with Crippen LogP contribution in [-0.4, -0.2) is 188 Å². The molecule has 0 spiro atoms. The third-order valence-corrected chi connectivity index (χ3v) is 4.49. The Bertz CT molecular complexity index is 608. The Kier molecular flexibility index (Phi) is 26.0. The molecule has 0 rings (SSSR count). The first kappa shape index (κ1) is 45.3. The Morgan fingerprint density at radius 3 is 0.650 bits per heavy atom. The summed E-state index contributed by atoms with van der Waals surface area (Å²) in [6.07, 6.45) is -24.2. The molecular formula is C18H33MnO21. The van der Waals surface area contributed by atoms with Gasteiger partial charge in [0.1, 0.15) is 73.2 Å². The summed E-state index contributed by atoms with van der Waals surface area (Å²) in [5.41, 5.74) is 0. The number of carboxylic acid groups (broad SMARTS) is 3. The third kappa shape index (κ3) is 16.6. The van der Waals surface area contributed by atoms with Gasteiger partial charge in [-0.25, -0.2) is 0 Å². The average molecular weight is 640 g/mol. The second-order valence-electron chi connectivity index (χ2n) is 7.48. The first-order chi connectivity index (χ1) is 17.7. The summed E-state index contributed by atoms with van der Waals surface area (Å²) in [5.74, 6) is -5.93. The quantitative estimate of drug-likeness (QED) is 0.0738. The number of aliphatic hydroxyl groups is 15. The van der Waals surface area contributed by atoms with E-state index >= 15 is 0 Å². The molecule has 0 aromatic heterocycles. The van der Waals surface area contributed by atoms with Gasteiger partial charge in [-0.1, -0.05) is 0 Å². The van der Waals surface area contributed by atoms with Gasteiger partial charge >= 0.3 is 17.1 Å². The molecule has 40 heavy (non-hydrogen) atoms. The van der Waals surface area contributed by atoms with Crippen LogP contribution < -0.4 is 15.3 Å². The van der Waals surface area contributed by atoms with E-state index < -0.39 is 111 Å². The van der Waals surface area contributed by atoms with Gasteiger partial charge in [-0.05, 0) is 0 Å². The van der Waals surface area contributed by atoms with Crippen molar-refractivity contribution < 1.29 is 123 Å². The summed E-state index contributed by atoms with van der Waals surface area (Å²) in [7, 11) is 0. The second kappa shape index (κ2) is 23.0. The van der Waals surface area contributed by atoms with Crippen LogP contribution >= 0.6 is 0 Å². The number of hydrogen-bond acceptors (Lipinski definition) is 21. The minimum absolute atomic E-state index is 0. The molecule has 22 heteroatoms. The standard InChI is InChI=1S/3C6H12O7.Mn/c3*7-1-2(8)3(9)4(10)5(11)6(12)13;/h3*2-5,7-11H,1H2,(H,12,13);/q;;;+3/p-3/t3*2-,3-,4+,5-;/m111./s1. The van der Waals surface area contributed by atoms with Gasteiger partial charge < -0.3 is 106 Å². The number of hydrogen-bond donors (Lipinski definition) is 15. The van der Waals surface area contributed by atoms with Gasteiger partial charge in [0.2, 0.25) is 0 Å². The summed E-state index contributed by atoms with van der Waals surface area (Å²) in [6, 6.07) is 0. The Hall–Kier alpha value is -1.67. The molecule has 0 aliphatic carbocycles. The molecule has 0 radical (unpaired) electrons. The van der Waals surface area contributed by atoms with Crippen LogP contribution in [0, 0.1) is 0 Å². The number of aliphatic carboxylic acids is 3. The van der Waals surface area contributed by atoms with E-state index in [1.165, 1.54) is 0 Å². The van der Waals surface area contributed by atoms with Crippen LogP contribution in [0.1, 0.15) is 0 Å². The van der Waals surface area contributed by atoms with Crippen LogP contribution in [0.25, 0.3) is 0 Å². The largest absolute Gasteiger partial charge is 3.00 e. The van der Waals surface area contributed by atoms with Crippen molar-refractivity contribution in [3.63, 3.8) is 0 Å². The topological polar surface area (TPSA) is 424 Å². The van der Waals surface area contributed by atoms with Gasteiger partial charge in [0.25, 0.3) is 0 Å². The fourth-order valence-electron chi connectivity index (χ4n) is 1.99. The van der Waals surface area contributed by atoms with E-state index in [1.54, 1.807) is 0 Å². The van der Waals surface area contributed by atoms with E-state index in [9.17, 15) is 29.7 Å². The molecule has 0 bridgehead atoms. The van der Waals surface area contributed by atoms with Gasteiger partial charge in [0.15, 0.2) is 0 Å². The third-order valence-electron chi connectivity index (χ3n) is 4.49. The fourth-order valence-corrected chi connectivity index (χ4v) is 1.99. The molecule has 0 saturated carbocycles. The first-order valence-corrected chi connectivity index (χ1v) is 10.4. The van der Waals surface area contributed by atoms with Crippen molar-refractivity contribution in [1.82, 2.24) is 0 Å². The van der Waals surface area contributed by atoms with E-state index in [-0.39, 0.29) is 17.1 Å². The monoisotopic (exact) mass is 640 g/mol. The molecule has 0 aromatic rings. The average Bonchev–Trinajstić information content (AvgIpc) is 2.92. The van der Waals surface area contributed by atoms with Gasteiger partial charge in [-0.15, -0.1) is 0 Å². The van der Waals surface area contributed by atoms with Crippen LogP contribution in [0.4, 0.5) is 0 Å². The Balaban J connectivity index is -0.000000240. The molecule has 238 valence electrons. The van der Waals surface area contributed by atoms with E-state index in [4.69, 9.17) is 76.6 Å². The number of carbonyl (C=O) groups is 3. The number of rotatable bonds is 15. The number of aliphatic hydroxyl groups excluding tert-OH is 15. The molecule has 0 aliphatic heterocycles. The Morgan fingerprint density at radius 1 is 0.400 bits per heavy atom. The minimum atomic E-state index is -2.31. The maximum atomic E-state index is 9.98. The molecule has 21 nitrogen and oxygen atoms in total. The van der Waals surface area contributed by atoms with E-state index in [0.29, 0.717) is 0 Å². The first-order valence-electron chi connectivity index (χ1n) is 10.4. The van der Waals surface area contributed by atoms with Gasteiger partial charge in [-0.2, -0.15) is 0 Å². The summed E-state index contributed by atoms with van der Waals surface area (Å²) < 4.78 is 0. The van der Waals surface area contributed by atoms with Crippen molar-refractivity contribution in [1.29, 1.82) is 0 Å². The number of carboxylic acids is 3. The summed E-state index contributed by atoms with van der Waals surface area (Å²) >= 11 is 0. The van der Waals surface area contributed by atoms with Gasteiger partial charge in [-0.3, -0.25) is 0 Å². The molecule has 0 saturated heterocycles. The van der Waals surface area contributed by atoms with Crippen LogP contribution in [-0.2, 0) is 31.5 Å². The molecule has 12 atom stereocenters. The summed E-state index contributed by atoms with van der Waals surface area (Å²) in [4.78, 5) is 29.9. The smallest absolute Gasteiger partial charge is 0.547 e. The Morgan fingerprint density at radius 2 is 0.550 bits per heavy atom. The molecule has 15 N–H and O–H groups in total. The van der Waals surface area contributed by atoms with Crippen molar-refractivity contribution >= 4 is 17.9 Å². The van der Waals surface area contributed by atoms with E-state index in [2.05, 4.69) is 0 Å². The van der Waals surface area contributed by atoms with Crippen molar-refractivity contribution in [2.45, 2.75) is 73.2 Å². The predicted molar refractivity (Wildman–Crippen MR) is 108 cm³/mol. The molecule has 0 unspecified atom stereocenters. The molecule has 0 amide bonds. The molecule has 0 heterocycles. The minimum Gasteiger partial charge on any atom is -0.547 e. The van der Waals surface area contributed by atoms with Crippen LogP contribution in [0.5, 0.6) is 0 Å². The molecule has 0 aromatic carbocycles. The normalized spacial score (nSPS) is 19.9. The fraction of sp³-hybridized carbons (Fsp3) is 0.833. The zero-order chi connectivity index (χ0) is 31.8. The predicted octanol–water partition coefficient (Wildman–Crippen LogP) is -14.5. The van der Waals surface area contributed by atoms with Crippen molar-refractivity contribution in [2.24, 2.45) is 0 Å². The van der Waals surface area contributed by atoms with Gasteiger partial charge in [0.05, 0.1) is 37.7 Å². The zero-order valence-corrected chi connectivity index (χ0v) is 21.3. The summed E-state index contributed by atoms with van der Waals surface area (Å²) in [5, 5.41) is 160. The van der Waals surface area contributed by atoms with E-state index in [1.807, 2.05) is 0 Å². The molecule has 0 fully saturated rings. The molecule has 0 aliphatic rings. The Labute approximate surface area is 234 Å². The maximum Gasteiger partial charge on any atom is 3.00 e.